The van der Waals surface area contributed by atoms with E-state index in [4.69, 9.17) is 9.15 Å². The summed E-state index contributed by atoms with van der Waals surface area (Å²) in [5.74, 6) is 0.428. The zero-order valence-electron chi connectivity index (χ0n) is 16.4. The molecule has 0 radical (unpaired) electrons. The molecule has 9 nitrogen and oxygen atoms in total. The molecule has 1 saturated heterocycles. The van der Waals surface area contributed by atoms with Crippen LogP contribution in [0.4, 0.5) is 10.8 Å². The highest BCUT2D eigenvalue weighted by molar-refractivity contribution is 5.69. The Kier molecular flexibility index (Phi) is 5.67. The highest BCUT2D eigenvalue weighted by atomic mass is 16.6. The van der Waals surface area contributed by atoms with Crippen LogP contribution in [0.3, 0.4) is 0 Å². The monoisotopic (exact) mass is 376 g/mol. The van der Waals surface area contributed by atoms with Gasteiger partial charge in [-0.3, -0.25) is 9.58 Å². The molecule has 0 aromatic carbocycles. The van der Waals surface area contributed by atoms with Crippen LogP contribution in [0.1, 0.15) is 64.6 Å². The summed E-state index contributed by atoms with van der Waals surface area (Å²) in [6, 6.07) is 2.04. The van der Waals surface area contributed by atoms with Crippen LogP contribution in [0.2, 0.25) is 0 Å². The van der Waals surface area contributed by atoms with Crippen molar-refractivity contribution in [2.75, 3.05) is 11.9 Å². The molecule has 1 N–H and O–H groups in total. The lowest BCUT2D eigenvalue weighted by Gasteiger charge is -2.27. The van der Waals surface area contributed by atoms with Crippen molar-refractivity contribution in [1.82, 2.24) is 24.9 Å². The molecule has 1 unspecified atom stereocenters. The lowest BCUT2D eigenvalue weighted by molar-refractivity contribution is 0.0204. The molecule has 0 aliphatic carbocycles. The number of nitrogens with zero attached hydrogens (tertiary/aromatic N) is 5. The summed E-state index contributed by atoms with van der Waals surface area (Å²) in [6.07, 6.45) is 4.31. The van der Waals surface area contributed by atoms with Crippen molar-refractivity contribution < 1.29 is 13.9 Å². The molecule has 2 aromatic rings. The number of anilines is 1. The van der Waals surface area contributed by atoms with Gasteiger partial charge in [-0.1, -0.05) is 12.0 Å². The van der Waals surface area contributed by atoms with Gasteiger partial charge in [-0.15, -0.1) is 5.10 Å². The van der Waals surface area contributed by atoms with Crippen LogP contribution in [0.5, 0.6) is 0 Å². The van der Waals surface area contributed by atoms with Crippen molar-refractivity contribution in [2.45, 2.75) is 71.7 Å². The molecule has 1 fully saturated rings. The number of carbonyl (C=O) groups is 1. The molecule has 9 heteroatoms. The predicted molar refractivity (Wildman–Crippen MR) is 99.1 cm³/mol. The Hall–Kier alpha value is -2.58. The molecule has 0 saturated carbocycles. The zero-order chi connectivity index (χ0) is 19.4. The Morgan fingerprint density at radius 3 is 2.96 bits per heavy atom. The Morgan fingerprint density at radius 2 is 2.22 bits per heavy atom. The van der Waals surface area contributed by atoms with E-state index < -0.39 is 5.60 Å². The van der Waals surface area contributed by atoms with Gasteiger partial charge >= 0.3 is 12.1 Å². The average Bonchev–Trinajstić information content (AvgIpc) is 3.32. The van der Waals surface area contributed by atoms with E-state index in [-0.39, 0.29) is 12.1 Å². The van der Waals surface area contributed by atoms with Gasteiger partial charge in [-0.2, -0.15) is 5.10 Å². The molecule has 0 spiro atoms. The standard InChI is InChI=1S/C18H28N6O3/c1-5-9-23-11-8-13(22-23)12-19-16-21-20-15(26-16)14-7-6-10-24(14)17(25)27-18(2,3)4/h8,11,14H,5-7,9-10,12H2,1-4H3,(H,19,21). The number of ether oxygens (including phenoxy) is 1. The minimum absolute atomic E-state index is 0.244. The Balaban J connectivity index is 1.59. The van der Waals surface area contributed by atoms with Crippen molar-refractivity contribution >= 4 is 12.1 Å². The molecule has 1 atom stereocenters. The van der Waals surface area contributed by atoms with Crippen molar-refractivity contribution in [3.8, 4) is 0 Å². The van der Waals surface area contributed by atoms with Crippen molar-refractivity contribution in [3.05, 3.63) is 23.8 Å². The Morgan fingerprint density at radius 1 is 1.41 bits per heavy atom. The molecule has 148 valence electrons. The summed E-state index contributed by atoms with van der Waals surface area (Å²) in [5.41, 5.74) is 0.368. The van der Waals surface area contributed by atoms with E-state index in [0.29, 0.717) is 25.0 Å². The minimum Gasteiger partial charge on any atom is -0.444 e. The van der Waals surface area contributed by atoms with Gasteiger partial charge in [0.1, 0.15) is 11.6 Å². The maximum absolute atomic E-state index is 12.4. The van der Waals surface area contributed by atoms with Crippen LogP contribution in [0.25, 0.3) is 0 Å². The molecule has 1 aliphatic rings. The number of rotatable bonds is 6. The summed E-state index contributed by atoms with van der Waals surface area (Å²) in [6.45, 7) is 9.69. The fourth-order valence-electron chi connectivity index (χ4n) is 3.02. The second-order valence-corrected chi connectivity index (χ2v) is 7.70. The number of hydrogen-bond donors (Lipinski definition) is 1. The third-order valence-corrected chi connectivity index (χ3v) is 4.18. The van der Waals surface area contributed by atoms with Gasteiger partial charge in [0.2, 0.25) is 5.89 Å². The van der Waals surface area contributed by atoms with Crippen LogP contribution in [0, 0.1) is 0 Å². The van der Waals surface area contributed by atoms with Crippen LogP contribution in [-0.2, 0) is 17.8 Å². The number of nitrogens with one attached hydrogen (secondary N) is 1. The molecule has 1 amide bonds. The van der Waals surface area contributed by atoms with E-state index in [0.717, 1.165) is 31.5 Å². The van der Waals surface area contributed by atoms with E-state index >= 15 is 0 Å². The van der Waals surface area contributed by atoms with Crippen LogP contribution in [0.15, 0.2) is 16.7 Å². The fourth-order valence-corrected chi connectivity index (χ4v) is 3.02. The van der Waals surface area contributed by atoms with E-state index in [9.17, 15) is 4.79 Å². The summed E-state index contributed by atoms with van der Waals surface area (Å²) >= 11 is 0. The summed E-state index contributed by atoms with van der Waals surface area (Å²) in [5, 5.41) is 15.7. The van der Waals surface area contributed by atoms with Crippen molar-refractivity contribution in [3.63, 3.8) is 0 Å². The SMILES string of the molecule is CCCn1ccc(CNc2nnc(C3CCCN3C(=O)OC(C)(C)C)o2)n1. The molecular formula is C18H28N6O3. The molecular weight excluding hydrogens is 348 g/mol. The first-order valence-corrected chi connectivity index (χ1v) is 9.45. The number of likely N-dealkylation sites (tertiary alicyclic amines) is 1. The maximum Gasteiger partial charge on any atom is 0.410 e. The van der Waals surface area contributed by atoms with Crippen molar-refractivity contribution in [1.29, 1.82) is 0 Å². The molecule has 2 aromatic heterocycles. The first-order valence-electron chi connectivity index (χ1n) is 9.45. The predicted octanol–water partition coefficient (Wildman–Crippen LogP) is 3.36. The van der Waals surface area contributed by atoms with Crippen LogP contribution < -0.4 is 5.32 Å². The molecule has 27 heavy (non-hydrogen) atoms. The minimum atomic E-state index is -0.535. The molecule has 3 rings (SSSR count). The fraction of sp³-hybridized carbons (Fsp3) is 0.667. The van der Waals surface area contributed by atoms with Gasteiger partial charge in [0.15, 0.2) is 0 Å². The number of amides is 1. The first kappa shape index (κ1) is 19.2. The van der Waals surface area contributed by atoms with E-state index in [1.54, 1.807) is 4.90 Å². The number of hydrogen-bond acceptors (Lipinski definition) is 7. The van der Waals surface area contributed by atoms with E-state index in [1.807, 2.05) is 37.7 Å². The topological polar surface area (TPSA) is 98.3 Å². The zero-order valence-corrected chi connectivity index (χ0v) is 16.4. The second kappa shape index (κ2) is 7.98. The number of carbonyl (C=O) groups excluding carboxylic acids is 1. The van der Waals surface area contributed by atoms with Crippen LogP contribution >= 0.6 is 0 Å². The highest BCUT2D eigenvalue weighted by Gasteiger charge is 2.36. The maximum atomic E-state index is 12.4. The Labute approximate surface area is 159 Å². The van der Waals surface area contributed by atoms with E-state index in [2.05, 4.69) is 27.5 Å². The molecule has 0 bridgehead atoms. The summed E-state index contributed by atoms with van der Waals surface area (Å²) in [4.78, 5) is 14.1. The lowest BCUT2D eigenvalue weighted by Crippen LogP contribution is -2.36. The van der Waals surface area contributed by atoms with Gasteiger partial charge < -0.3 is 14.5 Å². The first-order chi connectivity index (χ1) is 12.9. The smallest absolute Gasteiger partial charge is 0.410 e. The van der Waals surface area contributed by atoms with E-state index in [1.165, 1.54) is 0 Å². The quantitative estimate of drug-likeness (QED) is 0.825. The Bertz CT molecular complexity index is 763. The van der Waals surface area contributed by atoms with Gasteiger partial charge in [-0.05, 0) is 46.1 Å². The third kappa shape index (κ3) is 4.99. The van der Waals surface area contributed by atoms with Gasteiger partial charge in [0.05, 0.1) is 12.2 Å². The van der Waals surface area contributed by atoms with Gasteiger partial charge in [-0.25, -0.2) is 4.79 Å². The summed E-state index contributed by atoms with van der Waals surface area (Å²) < 4.78 is 13.1. The number of aryl methyl sites for hydroxylation is 1. The largest absolute Gasteiger partial charge is 0.444 e. The highest BCUT2D eigenvalue weighted by Crippen LogP contribution is 2.33. The van der Waals surface area contributed by atoms with Crippen molar-refractivity contribution in [2.24, 2.45) is 0 Å². The average molecular weight is 376 g/mol. The van der Waals surface area contributed by atoms with Gasteiger partial charge in [0.25, 0.3) is 0 Å². The summed E-state index contributed by atoms with van der Waals surface area (Å²) in [7, 11) is 0. The van der Waals surface area contributed by atoms with Crippen LogP contribution in [-0.4, -0.2) is 43.1 Å². The normalized spacial score (nSPS) is 17.3. The molecule has 3 heterocycles. The second-order valence-electron chi connectivity index (χ2n) is 7.70. The third-order valence-electron chi connectivity index (χ3n) is 4.18. The lowest BCUT2D eigenvalue weighted by atomic mass is 10.2. The van der Waals surface area contributed by atoms with Gasteiger partial charge in [0, 0.05) is 19.3 Å². The number of aromatic nitrogens is 4. The molecule has 1 aliphatic heterocycles.